The SMILES string of the molecule is O=C(c1cccs1)C1C(c2ccc(Cl)cc2Cl)C2(C(=O)c3ccccc3C2=O)C2C=Cc3cc(Cl)ccc3N12. The number of halogens is 3. The van der Waals surface area contributed by atoms with Crippen LogP contribution in [0.5, 0.6) is 0 Å². The Morgan fingerprint density at radius 3 is 2.21 bits per heavy atom. The van der Waals surface area contributed by atoms with Crippen molar-refractivity contribution in [2.24, 2.45) is 5.41 Å². The minimum atomic E-state index is -1.62. The summed E-state index contributed by atoms with van der Waals surface area (Å²) in [6, 6.07) is 19.3. The van der Waals surface area contributed by atoms with Crippen LogP contribution in [-0.2, 0) is 0 Å². The number of carbonyl (C=O) groups excluding carboxylic acids is 3. The van der Waals surface area contributed by atoms with E-state index in [1.807, 2.05) is 40.6 Å². The first kappa shape index (κ1) is 24.8. The molecule has 3 aromatic carbocycles. The first-order valence-corrected chi connectivity index (χ1v) is 14.3. The zero-order valence-corrected chi connectivity index (χ0v) is 23.2. The van der Waals surface area contributed by atoms with Gasteiger partial charge in [-0.05, 0) is 52.9 Å². The summed E-state index contributed by atoms with van der Waals surface area (Å²) in [5.74, 6) is -1.69. The molecule has 2 aliphatic heterocycles. The average molecular weight is 591 g/mol. The second-order valence-corrected chi connectivity index (χ2v) is 12.1. The Morgan fingerprint density at radius 1 is 0.846 bits per heavy atom. The number of hydrogen-bond donors (Lipinski definition) is 0. The summed E-state index contributed by atoms with van der Waals surface area (Å²) < 4.78 is 0. The van der Waals surface area contributed by atoms with Gasteiger partial charge in [0.25, 0.3) is 0 Å². The van der Waals surface area contributed by atoms with E-state index in [9.17, 15) is 14.4 Å². The zero-order chi connectivity index (χ0) is 27.1. The van der Waals surface area contributed by atoms with Crippen LogP contribution in [0.2, 0.25) is 15.1 Å². The fourth-order valence-electron chi connectivity index (χ4n) is 6.61. The topological polar surface area (TPSA) is 54.5 Å². The maximum atomic E-state index is 14.6. The summed E-state index contributed by atoms with van der Waals surface area (Å²) in [6.07, 6.45) is 3.74. The molecule has 3 heterocycles. The summed E-state index contributed by atoms with van der Waals surface area (Å²) in [5.41, 5.74) is 1.16. The summed E-state index contributed by atoms with van der Waals surface area (Å²) >= 11 is 20.8. The second-order valence-electron chi connectivity index (χ2n) is 9.92. The molecule has 3 aliphatic rings. The average Bonchev–Trinajstić information content (AvgIpc) is 3.62. The van der Waals surface area contributed by atoms with E-state index in [1.165, 1.54) is 11.3 Å². The molecule has 0 N–H and O–H groups in total. The molecule has 1 saturated heterocycles. The molecule has 1 fully saturated rings. The molecule has 3 atom stereocenters. The van der Waals surface area contributed by atoms with E-state index < -0.39 is 23.4 Å². The molecule has 1 spiro atoms. The Labute approximate surface area is 243 Å². The lowest BCUT2D eigenvalue weighted by Gasteiger charge is -2.37. The molecule has 0 amide bonds. The van der Waals surface area contributed by atoms with Gasteiger partial charge in [0.05, 0.1) is 10.9 Å². The normalized spacial score (nSPS) is 22.2. The summed E-state index contributed by atoms with van der Waals surface area (Å²) in [6.45, 7) is 0. The van der Waals surface area contributed by atoms with Crippen molar-refractivity contribution in [1.29, 1.82) is 0 Å². The van der Waals surface area contributed by atoms with E-state index in [4.69, 9.17) is 34.8 Å². The van der Waals surface area contributed by atoms with Crippen LogP contribution >= 0.6 is 46.1 Å². The van der Waals surface area contributed by atoms with Crippen molar-refractivity contribution in [3.8, 4) is 0 Å². The number of hydrogen-bond acceptors (Lipinski definition) is 5. The molecule has 0 radical (unpaired) electrons. The number of Topliss-reactive ketones (excluding diaryl/α,β-unsaturated/α-hetero) is 3. The third-order valence-corrected chi connectivity index (χ3v) is 9.78. The maximum absolute atomic E-state index is 14.6. The van der Waals surface area contributed by atoms with Crippen LogP contribution < -0.4 is 4.90 Å². The molecule has 1 aromatic heterocycles. The van der Waals surface area contributed by atoms with Gasteiger partial charge in [-0.2, -0.15) is 0 Å². The van der Waals surface area contributed by atoms with Gasteiger partial charge in [0, 0.05) is 37.8 Å². The van der Waals surface area contributed by atoms with Gasteiger partial charge in [-0.1, -0.05) is 83.4 Å². The monoisotopic (exact) mass is 589 g/mol. The Morgan fingerprint density at radius 2 is 1.54 bits per heavy atom. The third kappa shape index (κ3) is 3.34. The van der Waals surface area contributed by atoms with Gasteiger partial charge in [0.15, 0.2) is 17.3 Å². The number of nitrogens with zero attached hydrogens (tertiary/aromatic N) is 1. The highest BCUT2D eigenvalue weighted by Gasteiger charge is 2.71. The van der Waals surface area contributed by atoms with Crippen molar-refractivity contribution in [3.05, 3.63) is 126 Å². The van der Waals surface area contributed by atoms with Crippen LogP contribution in [0, 0.1) is 5.41 Å². The van der Waals surface area contributed by atoms with E-state index in [1.54, 1.807) is 54.6 Å². The molecule has 39 heavy (non-hydrogen) atoms. The largest absolute Gasteiger partial charge is 0.352 e. The Hall–Kier alpha value is -3.22. The van der Waals surface area contributed by atoms with Gasteiger partial charge in [-0.15, -0.1) is 11.3 Å². The first-order valence-electron chi connectivity index (χ1n) is 12.3. The summed E-state index contributed by atoms with van der Waals surface area (Å²) in [5, 5.41) is 3.10. The maximum Gasteiger partial charge on any atom is 0.195 e. The summed E-state index contributed by atoms with van der Waals surface area (Å²) in [4.78, 5) is 46.1. The lowest BCUT2D eigenvalue weighted by molar-refractivity contribution is 0.0666. The van der Waals surface area contributed by atoms with E-state index in [0.29, 0.717) is 36.6 Å². The Balaban J connectivity index is 1.58. The van der Waals surface area contributed by atoms with Gasteiger partial charge in [-0.25, -0.2) is 0 Å². The molecule has 1 aliphatic carbocycles. The van der Waals surface area contributed by atoms with Crippen molar-refractivity contribution < 1.29 is 14.4 Å². The predicted octanol–water partition coefficient (Wildman–Crippen LogP) is 8.02. The third-order valence-electron chi connectivity index (χ3n) is 8.10. The van der Waals surface area contributed by atoms with Gasteiger partial charge < -0.3 is 4.90 Å². The van der Waals surface area contributed by atoms with Crippen molar-refractivity contribution >= 4 is 75.3 Å². The van der Waals surface area contributed by atoms with E-state index in [2.05, 4.69) is 0 Å². The molecule has 3 unspecified atom stereocenters. The molecular weight excluding hydrogens is 573 g/mol. The van der Waals surface area contributed by atoms with Gasteiger partial charge in [0.1, 0.15) is 11.5 Å². The lowest BCUT2D eigenvalue weighted by Crippen LogP contribution is -2.48. The summed E-state index contributed by atoms with van der Waals surface area (Å²) in [7, 11) is 0. The second kappa shape index (κ2) is 8.90. The quantitative estimate of drug-likeness (QED) is 0.179. The van der Waals surface area contributed by atoms with Crippen molar-refractivity contribution in [2.45, 2.75) is 18.0 Å². The van der Waals surface area contributed by atoms with Crippen molar-refractivity contribution in [1.82, 2.24) is 0 Å². The highest BCUT2D eigenvalue weighted by Crippen LogP contribution is 2.61. The zero-order valence-electron chi connectivity index (χ0n) is 20.1. The van der Waals surface area contributed by atoms with E-state index in [0.717, 1.165) is 11.3 Å². The lowest BCUT2D eigenvalue weighted by atomic mass is 9.64. The molecule has 0 saturated carbocycles. The number of benzene rings is 3. The van der Waals surface area contributed by atoms with Gasteiger partial charge >= 0.3 is 0 Å². The number of carbonyl (C=O) groups is 3. The Kier molecular flexibility index (Phi) is 5.66. The highest BCUT2D eigenvalue weighted by molar-refractivity contribution is 7.12. The van der Waals surface area contributed by atoms with Crippen molar-refractivity contribution in [2.75, 3.05) is 4.90 Å². The predicted molar refractivity (Wildman–Crippen MR) is 156 cm³/mol. The van der Waals surface area contributed by atoms with Crippen LogP contribution in [-0.4, -0.2) is 29.4 Å². The van der Waals surface area contributed by atoms with Gasteiger partial charge in [0.2, 0.25) is 0 Å². The first-order chi connectivity index (χ1) is 18.8. The smallest absolute Gasteiger partial charge is 0.195 e. The molecule has 4 aromatic rings. The van der Waals surface area contributed by atoms with E-state index in [-0.39, 0.29) is 17.3 Å². The molecule has 7 rings (SSSR count). The number of rotatable bonds is 3. The number of anilines is 1. The van der Waals surface area contributed by atoms with Crippen LogP contribution in [0.4, 0.5) is 5.69 Å². The standard InChI is InChI=1S/C31H18Cl3NO3S/c32-17-9-11-23-16(14-17)7-12-25-31(29(37)19-4-1-2-5-20(19)30(31)38)26(21-10-8-18(33)15-22(21)34)27(35(23)25)28(36)24-6-3-13-39-24/h1-15,25-27H. The molecular formula is C31H18Cl3NO3S. The molecule has 8 heteroatoms. The fraction of sp³-hybridized carbons (Fsp3) is 0.129. The Bertz CT molecular complexity index is 1710. The number of fused-ring (bicyclic) bond motifs is 5. The number of ketones is 3. The minimum Gasteiger partial charge on any atom is -0.352 e. The minimum absolute atomic E-state index is 0.185. The van der Waals surface area contributed by atoms with Crippen LogP contribution in [0.15, 0.2) is 84.3 Å². The fourth-order valence-corrected chi connectivity index (χ4v) is 8.01. The molecule has 4 nitrogen and oxygen atoms in total. The van der Waals surface area contributed by atoms with Crippen LogP contribution in [0.25, 0.3) is 6.08 Å². The highest BCUT2D eigenvalue weighted by atomic mass is 35.5. The molecule has 192 valence electrons. The van der Waals surface area contributed by atoms with Gasteiger partial charge in [-0.3, -0.25) is 14.4 Å². The number of thiophene rings is 1. The van der Waals surface area contributed by atoms with Crippen LogP contribution in [0.1, 0.15) is 47.4 Å². The van der Waals surface area contributed by atoms with E-state index >= 15 is 0 Å². The van der Waals surface area contributed by atoms with Crippen LogP contribution in [0.3, 0.4) is 0 Å². The van der Waals surface area contributed by atoms with Crippen molar-refractivity contribution in [3.63, 3.8) is 0 Å². The molecule has 0 bridgehead atoms.